The van der Waals surface area contributed by atoms with Crippen LogP contribution in [-0.2, 0) is 4.74 Å². The Balaban J connectivity index is 1.43. The molecule has 0 spiro atoms. The van der Waals surface area contributed by atoms with Gasteiger partial charge in [-0.25, -0.2) is 13.8 Å². The second-order valence-electron chi connectivity index (χ2n) is 12.6. The number of halogens is 2. The van der Waals surface area contributed by atoms with Gasteiger partial charge in [-0.1, -0.05) is 18.4 Å². The molecule has 2 saturated heterocycles. The molecular formula is C35H37F2N5O4. The molecule has 2 atom stereocenters. The molecule has 1 saturated carbocycles. The third kappa shape index (κ3) is 5.13. The predicted octanol–water partition coefficient (Wildman–Crippen LogP) is 5.69. The first-order valence-corrected chi connectivity index (χ1v) is 15.9. The number of methoxy groups -OCH3 is 1. The number of piperidine rings is 1. The molecule has 4 heterocycles. The largest absolute Gasteiger partial charge is 0.508 e. The van der Waals surface area contributed by atoms with E-state index in [4.69, 9.17) is 25.6 Å². The summed E-state index contributed by atoms with van der Waals surface area (Å²) in [6.45, 7) is 3.72. The Bertz CT molecular complexity index is 1860. The summed E-state index contributed by atoms with van der Waals surface area (Å²) in [6, 6.07) is 5.96. The molecule has 2 aromatic heterocycles. The van der Waals surface area contributed by atoms with Crippen molar-refractivity contribution in [3.63, 3.8) is 0 Å². The van der Waals surface area contributed by atoms with E-state index in [1.807, 2.05) is 4.90 Å². The molecule has 3 fully saturated rings. The van der Waals surface area contributed by atoms with Gasteiger partial charge in [0, 0.05) is 42.1 Å². The van der Waals surface area contributed by atoms with Crippen LogP contribution in [0.25, 0.3) is 32.9 Å². The lowest BCUT2D eigenvalue weighted by molar-refractivity contribution is 0.0133. The standard InChI is InChI=1S/C35H37F2N5O4/c1-4-23-25(36)10-9-21-18-22(43)19-24(27(21)23)30-29(37)31-28(33(38-30)44-3)32(42-14-7-16-45-17-15-42)40-34(39-31)46-20-35-11-5-8-26(35)41(2)13-6-12-35/h1,9-10,18-19,26,43H,5-8,11-17,20H2,2-3H3/t26-,35-/m1/s1. The van der Waals surface area contributed by atoms with Gasteiger partial charge in [0.25, 0.3) is 0 Å². The lowest BCUT2D eigenvalue weighted by Crippen LogP contribution is -2.50. The number of hydrogen-bond donors (Lipinski definition) is 1. The van der Waals surface area contributed by atoms with Gasteiger partial charge in [-0.15, -0.1) is 6.42 Å². The molecule has 0 amide bonds. The fourth-order valence-electron chi connectivity index (χ4n) is 7.82. The van der Waals surface area contributed by atoms with Crippen LogP contribution < -0.4 is 14.4 Å². The fraction of sp³-hybridized carbons (Fsp3) is 0.457. The third-order valence-corrected chi connectivity index (χ3v) is 9.94. The van der Waals surface area contributed by atoms with Gasteiger partial charge in [0.15, 0.2) is 5.82 Å². The zero-order chi connectivity index (χ0) is 32.0. The summed E-state index contributed by atoms with van der Waals surface area (Å²) < 4.78 is 49.8. The van der Waals surface area contributed by atoms with Crippen molar-refractivity contribution in [1.82, 2.24) is 19.9 Å². The van der Waals surface area contributed by atoms with Crippen molar-refractivity contribution < 1.29 is 28.1 Å². The maximum Gasteiger partial charge on any atom is 0.319 e. The number of phenols is 1. The van der Waals surface area contributed by atoms with E-state index in [-0.39, 0.29) is 50.8 Å². The number of hydrogen-bond acceptors (Lipinski definition) is 9. The molecule has 11 heteroatoms. The second-order valence-corrected chi connectivity index (χ2v) is 12.6. The smallest absolute Gasteiger partial charge is 0.319 e. The monoisotopic (exact) mass is 629 g/mol. The first-order valence-electron chi connectivity index (χ1n) is 15.9. The van der Waals surface area contributed by atoms with Crippen molar-refractivity contribution in [3.8, 4) is 41.2 Å². The Morgan fingerprint density at radius 2 is 1.91 bits per heavy atom. The van der Waals surface area contributed by atoms with E-state index in [2.05, 4.69) is 27.8 Å². The number of rotatable bonds is 6. The number of terminal acetylenes is 1. The number of benzene rings is 2. The molecule has 2 aliphatic heterocycles. The van der Waals surface area contributed by atoms with Crippen LogP contribution in [-0.4, -0.2) is 84.6 Å². The summed E-state index contributed by atoms with van der Waals surface area (Å²) in [4.78, 5) is 18.5. The molecule has 7 rings (SSSR count). The highest BCUT2D eigenvalue weighted by Crippen LogP contribution is 2.48. The van der Waals surface area contributed by atoms with E-state index >= 15 is 4.39 Å². The van der Waals surface area contributed by atoms with E-state index in [0.29, 0.717) is 55.5 Å². The molecular weight excluding hydrogens is 592 g/mol. The van der Waals surface area contributed by atoms with E-state index in [1.54, 1.807) is 0 Å². The molecule has 9 nitrogen and oxygen atoms in total. The average Bonchev–Trinajstić information content (AvgIpc) is 3.31. The minimum atomic E-state index is -0.788. The molecule has 46 heavy (non-hydrogen) atoms. The molecule has 240 valence electrons. The summed E-state index contributed by atoms with van der Waals surface area (Å²) >= 11 is 0. The SMILES string of the molecule is C#Cc1c(F)ccc2cc(O)cc(-c3nc(OC)c4c(N5CCCOCC5)nc(OC[C@]56CCC[C@H]5N(C)CCC6)nc4c3F)c12. The van der Waals surface area contributed by atoms with Gasteiger partial charge in [-0.3, -0.25) is 0 Å². The minimum absolute atomic E-state index is 0.0161. The number of aromatic nitrogens is 3. The van der Waals surface area contributed by atoms with Crippen molar-refractivity contribution >= 4 is 27.5 Å². The number of pyridine rings is 1. The van der Waals surface area contributed by atoms with Crippen LogP contribution in [0.5, 0.6) is 17.6 Å². The quantitative estimate of drug-likeness (QED) is 0.270. The van der Waals surface area contributed by atoms with Crippen LogP contribution in [0.4, 0.5) is 14.6 Å². The Morgan fingerprint density at radius 1 is 1.07 bits per heavy atom. The number of phenolic OH excluding ortho intramolecular Hbond substituents is 1. The summed E-state index contributed by atoms with van der Waals surface area (Å²) in [7, 11) is 3.62. The van der Waals surface area contributed by atoms with Crippen molar-refractivity contribution in [3.05, 3.63) is 41.5 Å². The predicted molar refractivity (Wildman–Crippen MR) is 171 cm³/mol. The molecule has 3 aliphatic rings. The van der Waals surface area contributed by atoms with Gasteiger partial charge in [-0.05, 0) is 69.3 Å². The van der Waals surface area contributed by atoms with Gasteiger partial charge in [0.05, 0.1) is 25.9 Å². The maximum atomic E-state index is 17.0. The topological polar surface area (TPSA) is 93.1 Å². The van der Waals surface area contributed by atoms with Gasteiger partial charge in [0.2, 0.25) is 5.88 Å². The molecule has 0 radical (unpaired) electrons. The van der Waals surface area contributed by atoms with E-state index in [9.17, 15) is 9.50 Å². The average molecular weight is 630 g/mol. The zero-order valence-electron chi connectivity index (χ0n) is 26.1. The third-order valence-electron chi connectivity index (χ3n) is 9.94. The normalized spacial score (nSPS) is 22.1. The van der Waals surface area contributed by atoms with Gasteiger partial charge in [-0.2, -0.15) is 9.97 Å². The summed E-state index contributed by atoms with van der Waals surface area (Å²) in [5.74, 6) is 1.32. The summed E-state index contributed by atoms with van der Waals surface area (Å²) in [5.41, 5.74) is -0.206. The van der Waals surface area contributed by atoms with Crippen LogP contribution in [0.3, 0.4) is 0 Å². The first-order chi connectivity index (χ1) is 22.3. The van der Waals surface area contributed by atoms with Crippen LogP contribution in [0.1, 0.15) is 44.1 Å². The summed E-state index contributed by atoms with van der Waals surface area (Å²) in [5, 5.41) is 11.6. The number of anilines is 1. The Hall–Kier alpha value is -4.27. The van der Waals surface area contributed by atoms with Crippen LogP contribution >= 0.6 is 0 Å². The van der Waals surface area contributed by atoms with Crippen LogP contribution in [0.2, 0.25) is 0 Å². The number of ether oxygens (including phenoxy) is 3. The Morgan fingerprint density at radius 3 is 2.74 bits per heavy atom. The maximum absolute atomic E-state index is 17.0. The van der Waals surface area contributed by atoms with Gasteiger partial charge in [0.1, 0.15) is 34.0 Å². The zero-order valence-corrected chi connectivity index (χ0v) is 26.1. The van der Waals surface area contributed by atoms with Gasteiger partial charge >= 0.3 is 6.01 Å². The molecule has 4 aromatic rings. The summed E-state index contributed by atoms with van der Waals surface area (Å²) in [6.07, 6.45) is 11.9. The van der Waals surface area contributed by atoms with E-state index in [0.717, 1.165) is 45.1 Å². The van der Waals surface area contributed by atoms with E-state index in [1.165, 1.54) is 31.4 Å². The first kappa shape index (κ1) is 30.4. The highest BCUT2D eigenvalue weighted by Gasteiger charge is 2.47. The van der Waals surface area contributed by atoms with Crippen molar-refractivity contribution in [2.45, 2.75) is 44.6 Å². The van der Waals surface area contributed by atoms with Crippen LogP contribution in [0.15, 0.2) is 24.3 Å². The second kappa shape index (κ2) is 12.2. The number of aromatic hydroxyl groups is 1. The lowest BCUT2D eigenvalue weighted by atomic mass is 9.76. The molecule has 0 bridgehead atoms. The van der Waals surface area contributed by atoms with Crippen LogP contribution in [0, 0.1) is 29.4 Å². The van der Waals surface area contributed by atoms with Crippen molar-refractivity contribution in [2.24, 2.45) is 5.41 Å². The highest BCUT2D eigenvalue weighted by molar-refractivity contribution is 6.04. The number of fused-ring (bicyclic) bond motifs is 3. The molecule has 1 aliphatic carbocycles. The highest BCUT2D eigenvalue weighted by atomic mass is 19.1. The van der Waals surface area contributed by atoms with Crippen molar-refractivity contribution in [1.29, 1.82) is 0 Å². The fourth-order valence-corrected chi connectivity index (χ4v) is 7.82. The number of nitrogens with zero attached hydrogens (tertiary/aromatic N) is 5. The minimum Gasteiger partial charge on any atom is -0.508 e. The Kier molecular flexibility index (Phi) is 8.03. The number of likely N-dealkylation sites (tertiary alicyclic amines) is 1. The molecule has 0 unspecified atom stereocenters. The molecule has 2 aromatic carbocycles. The van der Waals surface area contributed by atoms with Gasteiger partial charge < -0.3 is 29.1 Å². The molecule has 1 N–H and O–H groups in total. The lowest BCUT2D eigenvalue weighted by Gasteiger charge is -2.44. The van der Waals surface area contributed by atoms with Crippen molar-refractivity contribution in [2.75, 3.05) is 58.5 Å². The van der Waals surface area contributed by atoms with E-state index < -0.39 is 11.6 Å². The Labute approximate surface area is 266 Å².